The zero-order valence-electron chi connectivity index (χ0n) is 10.7. The fraction of sp³-hybridized carbons (Fsp3) is 0.500. The number of aliphatic carboxylic acids is 1. The summed E-state index contributed by atoms with van der Waals surface area (Å²) >= 11 is 5.87. The summed E-state index contributed by atoms with van der Waals surface area (Å²) in [6.07, 6.45) is 1.23. The average molecular weight is 284 g/mol. The average Bonchev–Trinajstić information content (AvgIpc) is 2.76. The molecule has 0 amide bonds. The smallest absolute Gasteiger partial charge is 0.303 e. The lowest BCUT2D eigenvalue weighted by molar-refractivity contribution is -0.138. The van der Waals surface area contributed by atoms with Crippen LogP contribution in [0.1, 0.15) is 12.8 Å². The normalized spacial score (nSPS) is 19.5. The van der Waals surface area contributed by atoms with Crippen LogP contribution in [-0.2, 0) is 4.79 Å². The van der Waals surface area contributed by atoms with Gasteiger partial charge in [-0.25, -0.2) is 0 Å². The molecule has 0 aliphatic carbocycles. The quantitative estimate of drug-likeness (QED) is 0.871. The third-order valence-electron chi connectivity index (χ3n) is 3.31. The zero-order valence-corrected chi connectivity index (χ0v) is 11.5. The van der Waals surface area contributed by atoms with E-state index in [-0.39, 0.29) is 12.3 Å². The summed E-state index contributed by atoms with van der Waals surface area (Å²) in [6.45, 7) is 3.23. The van der Waals surface area contributed by atoms with Crippen LogP contribution in [0.2, 0.25) is 5.02 Å². The van der Waals surface area contributed by atoms with Crippen molar-refractivity contribution in [1.29, 1.82) is 0 Å². The van der Waals surface area contributed by atoms with Gasteiger partial charge in [0.25, 0.3) is 0 Å². The molecule has 1 fully saturated rings. The lowest BCUT2D eigenvalue weighted by atomic mass is 10.1. The van der Waals surface area contributed by atoms with Crippen LogP contribution in [-0.4, -0.2) is 42.2 Å². The molecule has 1 aliphatic heterocycles. The number of likely N-dealkylation sites (tertiary alicyclic amines) is 1. The van der Waals surface area contributed by atoms with Crippen molar-refractivity contribution in [2.45, 2.75) is 12.8 Å². The number of hydrogen-bond acceptors (Lipinski definition) is 3. The lowest BCUT2D eigenvalue weighted by Gasteiger charge is -2.16. The Morgan fingerprint density at radius 1 is 1.53 bits per heavy atom. The van der Waals surface area contributed by atoms with Crippen molar-refractivity contribution >= 4 is 17.6 Å². The van der Waals surface area contributed by atoms with Gasteiger partial charge in [-0.05, 0) is 37.1 Å². The van der Waals surface area contributed by atoms with E-state index in [0.29, 0.717) is 11.6 Å². The maximum atomic E-state index is 10.6. The van der Waals surface area contributed by atoms with E-state index in [1.54, 1.807) is 6.07 Å². The molecular weight excluding hydrogens is 266 g/mol. The maximum Gasteiger partial charge on any atom is 0.303 e. The molecular formula is C14H18ClNO3. The molecule has 19 heavy (non-hydrogen) atoms. The van der Waals surface area contributed by atoms with Gasteiger partial charge in [-0.15, -0.1) is 0 Å². The third-order valence-corrected chi connectivity index (χ3v) is 3.54. The summed E-state index contributed by atoms with van der Waals surface area (Å²) in [7, 11) is 0. The number of nitrogens with zero attached hydrogens (tertiary/aromatic N) is 1. The number of carboxylic acid groups (broad SMARTS) is 1. The summed E-state index contributed by atoms with van der Waals surface area (Å²) in [5.41, 5.74) is 0. The van der Waals surface area contributed by atoms with Gasteiger partial charge in [-0.2, -0.15) is 0 Å². The van der Waals surface area contributed by atoms with Crippen LogP contribution in [0.25, 0.3) is 0 Å². The van der Waals surface area contributed by atoms with Gasteiger partial charge in [0.2, 0.25) is 0 Å². The first-order chi connectivity index (χ1) is 9.13. The van der Waals surface area contributed by atoms with Crippen LogP contribution >= 0.6 is 11.6 Å². The molecule has 0 radical (unpaired) electrons. The van der Waals surface area contributed by atoms with Gasteiger partial charge in [0.1, 0.15) is 12.4 Å². The van der Waals surface area contributed by atoms with Crippen molar-refractivity contribution in [1.82, 2.24) is 4.90 Å². The first-order valence-electron chi connectivity index (χ1n) is 6.46. The van der Waals surface area contributed by atoms with E-state index in [1.165, 1.54) is 0 Å². The maximum absolute atomic E-state index is 10.6. The minimum Gasteiger partial charge on any atom is -0.492 e. The molecule has 1 aromatic rings. The SMILES string of the molecule is O=C(O)CC1CCN(CCOc2cccc(Cl)c2)C1. The van der Waals surface area contributed by atoms with Crippen molar-refractivity contribution in [3.05, 3.63) is 29.3 Å². The Morgan fingerprint density at radius 2 is 2.37 bits per heavy atom. The van der Waals surface area contributed by atoms with E-state index in [2.05, 4.69) is 4.90 Å². The molecule has 0 aromatic heterocycles. The number of carbonyl (C=O) groups is 1. The molecule has 1 atom stereocenters. The number of benzene rings is 1. The number of rotatable bonds is 6. The Labute approximate surface area is 117 Å². The minimum absolute atomic E-state index is 0.269. The van der Waals surface area contributed by atoms with Crippen LogP contribution in [0.4, 0.5) is 0 Å². The highest BCUT2D eigenvalue weighted by Gasteiger charge is 2.23. The van der Waals surface area contributed by atoms with Gasteiger partial charge in [0.15, 0.2) is 0 Å². The Morgan fingerprint density at radius 3 is 3.11 bits per heavy atom. The topological polar surface area (TPSA) is 49.8 Å². The third kappa shape index (κ3) is 4.73. The summed E-state index contributed by atoms with van der Waals surface area (Å²) in [4.78, 5) is 12.9. The lowest BCUT2D eigenvalue weighted by Crippen LogP contribution is -2.26. The van der Waals surface area contributed by atoms with Crippen LogP contribution in [0.3, 0.4) is 0 Å². The molecule has 1 aromatic carbocycles. The second kappa shape index (κ2) is 6.78. The van der Waals surface area contributed by atoms with Crippen LogP contribution in [0.5, 0.6) is 5.75 Å². The van der Waals surface area contributed by atoms with Gasteiger partial charge < -0.3 is 9.84 Å². The Hall–Kier alpha value is -1.26. The van der Waals surface area contributed by atoms with Crippen molar-refractivity contribution < 1.29 is 14.6 Å². The highest BCUT2D eigenvalue weighted by atomic mass is 35.5. The highest BCUT2D eigenvalue weighted by molar-refractivity contribution is 6.30. The first-order valence-corrected chi connectivity index (χ1v) is 6.84. The fourth-order valence-corrected chi connectivity index (χ4v) is 2.56. The molecule has 1 saturated heterocycles. The Kier molecular flexibility index (Phi) is 5.05. The predicted molar refractivity (Wildman–Crippen MR) is 73.7 cm³/mol. The predicted octanol–water partition coefficient (Wildman–Crippen LogP) is 2.52. The molecule has 2 rings (SSSR count). The summed E-state index contributed by atoms with van der Waals surface area (Å²) in [5.74, 6) is 0.347. The molecule has 0 spiro atoms. The number of halogens is 1. The zero-order chi connectivity index (χ0) is 13.7. The molecule has 1 N–H and O–H groups in total. The van der Waals surface area contributed by atoms with E-state index in [1.807, 2.05) is 18.2 Å². The van der Waals surface area contributed by atoms with Crippen LogP contribution in [0.15, 0.2) is 24.3 Å². The van der Waals surface area contributed by atoms with Crippen molar-refractivity contribution in [2.75, 3.05) is 26.2 Å². The molecule has 1 aliphatic rings. The molecule has 4 nitrogen and oxygen atoms in total. The van der Waals surface area contributed by atoms with Gasteiger partial charge in [-0.1, -0.05) is 17.7 Å². The van der Waals surface area contributed by atoms with Gasteiger partial charge in [-0.3, -0.25) is 9.69 Å². The van der Waals surface area contributed by atoms with E-state index < -0.39 is 5.97 Å². The summed E-state index contributed by atoms with van der Waals surface area (Å²) in [5, 5.41) is 9.42. The van der Waals surface area contributed by atoms with Crippen LogP contribution < -0.4 is 4.74 Å². The van der Waals surface area contributed by atoms with E-state index >= 15 is 0 Å². The molecule has 0 saturated carbocycles. The number of ether oxygens (including phenoxy) is 1. The second-order valence-corrected chi connectivity index (χ2v) is 5.30. The molecule has 1 heterocycles. The summed E-state index contributed by atoms with van der Waals surface area (Å²) in [6, 6.07) is 7.34. The molecule has 0 bridgehead atoms. The van der Waals surface area contributed by atoms with Gasteiger partial charge in [0, 0.05) is 24.5 Å². The number of carboxylic acids is 1. The van der Waals surface area contributed by atoms with E-state index in [9.17, 15) is 4.79 Å². The standard InChI is InChI=1S/C14H18ClNO3/c15-12-2-1-3-13(9-12)19-7-6-16-5-4-11(10-16)8-14(17)18/h1-3,9,11H,4-8,10H2,(H,17,18). The fourth-order valence-electron chi connectivity index (χ4n) is 2.38. The monoisotopic (exact) mass is 283 g/mol. The van der Waals surface area contributed by atoms with Crippen molar-refractivity contribution in [3.8, 4) is 5.75 Å². The van der Waals surface area contributed by atoms with E-state index in [4.69, 9.17) is 21.4 Å². The summed E-state index contributed by atoms with van der Waals surface area (Å²) < 4.78 is 5.62. The Bertz CT molecular complexity index is 438. The van der Waals surface area contributed by atoms with E-state index in [0.717, 1.165) is 31.8 Å². The van der Waals surface area contributed by atoms with Gasteiger partial charge >= 0.3 is 5.97 Å². The van der Waals surface area contributed by atoms with Crippen LogP contribution in [0, 0.1) is 5.92 Å². The first kappa shape index (κ1) is 14.2. The van der Waals surface area contributed by atoms with Gasteiger partial charge in [0.05, 0.1) is 0 Å². The second-order valence-electron chi connectivity index (χ2n) is 4.86. The van der Waals surface area contributed by atoms with Crippen molar-refractivity contribution in [3.63, 3.8) is 0 Å². The molecule has 1 unspecified atom stereocenters. The largest absolute Gasteiger partial charge is 0.492 e. The minimum atomic E-state index is -0.706. The highest BCUT2D eigenvalue weighted by Crippen LogP contribution is 2.20. The number of hydrogen-bond donors (Lipinski definition) is 1. The molecule has 104 valence electrons. The Balaban J connectivity index is 1.68. The molecule has 5 heteroatoms. The van der Waals surface area contributed by atoms with Crippen molar-refractivity contribution in [2.24, 2.45) is 5.92 Å².